The van der Waals surface area contributed by atoms with Crippen LogP contribution in [0.25, 0.3) is 22.3 Å². The zero-order valence-corrected chi connectivity index (χ0v) is 20.5. The summed E-state index contributed by atoms with van der Waals surface area (Å²) in [7, 11) is 0. The van der Waals surface area contributed by atoms with Crippen molar-refractivity contribution in [3.63, 3.8) is 0 Å². The summed E-state index contributed by atoms with van der Waals surface area (Å²) in [6.07, 6.45) is 0. The van der Waals surface area contributed by atoms with Crippen LogP contribution < -0.4 is 15.1 Å². The highest BCUT2D eigenvalue weighted by Crippen LogP contribution is 2.36. The van der Waals surface area contributed by atoms with Crippen molar-refractivity contribution < 1.29 is 13.9 Å². The van der Waals surface area contributed by atoms with Gasteiger partial charge in [-0.05, 0) is 66.2 Å². The van der Waals surface area contributed by atoms with E-state index in [-0.39, 0.29) is 17.4 Å². The van der Waals surface area contributed by atoms with Crippen LogP contribution in [0.2, 0.25) is 0 Å². The van der Waals surface area contributed by atoms with Crippen LogP contribution in [0.5, 0.6) is 5.75 Å². The third kappa shape index (κ3) is 4.47. The molecule has 0 bridgehead atoms. The highest BCUT2D eigenvalue weighted by atomic mass is 79.9. The van der Waals surface area contributed by atoms with E-state index in [0.717, 1.165) is 18.8 Å². The second-order valence-corrected chi connectivity index (χ2v) is 8.92. The van der Waals surface area contributed by atoms with E-state index in [9.17, 15) is 9.59 Å². The number of carbonyl (C=O) groups excluding carboxylic acids is 1. The van der Waals surface area contributed by atoms with Gasteiger partial charge in [0, 0.05) is 28.8 Å². The summed E-state index contributed by atoms with van der Waals surface area (Å²) < 4.78 is 13.0. The van der Waals surface area contributed by atoms with Crippen molar-refractivity contribution in [1.82, 2.24) is 0 Å². The average molecular weight is 537 g/mol. The fourth-order valence-electron chi connectivity index (χ4n) is 3.12. The second kappa shape index (κ2) is 9.35. The number of carbonyl (C=O) groups is 1. The topological polar surface area (TPSA) is 59.8 Å². The van der Waals surface area contributed by atoms with E-state index < -0.39 is 11.4 Å². The minimum Gasteiger partial charge on any atom is -0.451 e. The van der Waals surface area contributed by atoms with E-state index in [2.05, 4.69) is 50.6 Å². The Balaban J connectivity index is 2.23. The number of nitrogens with zero attached hydrogens (tertiary/aromatic N) is 1. The summed E-state index contributed by atoms with van der Waals surface area (Å²) in [4.78, 5) is 27.8. The Bertz CT molecular complexity index is 1130. The summed E-state index contributed by atoms with van der Waals surface area (Å²) >= 11 is 6.85. The normalized spacial score (nSPS) is 11.2. The van der Waals surface area contributed by atoms with Crippen molar-refractivity contribution in [2.75, 3.05) is 18.0 Å². The molecule has 0 unspecified atom stereocenters. The Morgan fingerprint density at radius 3 is 2.30 bits per heavy atom. The molecule has 0 spiro atoms. The molecule has 0 aliphatic carbocycles. The fourth-order valence-corrected chi connectivity index (χ4v) is 4.43. The minimum absolute atomic E-state index is 0.0956. The van der Waals surface area contributed by atoms with Crippen molar-refractivity contribution in [3.8, 4) is 17.1 Å². The maximum absolute atomic E-state index is 13.3. The quantitative estimate of drug-likeness (QED) is 0.341. The lowest BCUT2D eigenvalue weighted by molar-refractivity contribution is -0.137. The number of benzene rings is 2. The first-order chi connectivity index (χ1) is 14.3. The van der Waals surface area contributed by atoms with E-state index in [4.69, 9.17) is 9.15 Å². The van der Waals surface area contributed by atoms with E-state index >= 15 is 0 Å². The van der Waals surface area contributed by atoms with Crippen LogP contribution in [-0.2, 0) is 4.79 Å². The summed E-state index contributed by atoms with van der Waals surface area (Å²) in [6.45, 7) is 9.41. The van der Waals surface area contributed by atoms with Crippen molar-refractivity contribution in [2.24, 2.45) is 5.92 Å². The molecule has 0 fully saturated rings. The molecule has 0 saturated heterocycles. The van der Waals surface area contributed by atoms with Gasteiger partial charge in [0.15, 0.2) is 11.3 Å². The van der Waals surface area contributed by atoms with Gasteiger partial charge in [-0.3, -0.25) is 9.59 Å². The maximum atomic E-state index is 13.3. The molecule has 1 heterocycles. The summed E-state index contributed by atoms with van der Waals surface area (Å²) in [5.74, 6) is -0.735. The van der Waals surface area contributed by atoms with Crippen LogP contribution in [0, 0.1) is 5.92 Å². The molecule has 5 nitrogen and oxygen atoms in total. The summed E-state index contributed by atoms with van der Waals surface area (Å²) in [6, 6.07) is 11.1. The van der Waals surface area contributed by atoms with E-state index in [1.165, 1.54) is 0 Å². The highest BCUT2D eigenvalue weighted by Gasteiger charge is 2.23. The van der Waals surface area contributed by atoms with E-state index in [1.807, 2.05) is 24.3 Å². The van der Waals surface area contributed by atoms with Gasteiger partial charge in [-0.2, -0.15) is 0 Å². The molecule has 7 heteroatoms. The molecule has 0 aliphatic rings. The van der Waals surface area contributed by atoms with Crippen LogP contribution in [0.1, 0.15) is 27.7 Å². The van der Waals surface area contributed by atoms with Crippen molar-refractivity contribution in [3.05, 3.63) is 55.6 Å². The highest BCUT2D eigenvalue weighted by molar-refractivity contribution is 9.11. The third-order valence-corrected chi connectivity index (χ3v) is 5.85. The largest absolute Gasteiger partial charge is 0.451 e. The SMILES string of the molecule is CCN(CC)c1ccc(-c2oc3c(Br)cc(Br)cc3c(=O)c2OC(=O)C(C)C)cc1. The van der Waals surface area contributed by atoms with Crippen LogP contribution in [0.4, 0.5) is 5.69 Å². The third-order valence-electron chi connectivity index (χ3n) is 4.80. The van der Waals surface area contributed by atoms with Crippen molar-refractivity contribution in [2.45, 2.75) is 27.7 Å². The standard InChI is InChI=1S/C23H23Br2NO4/c1-5-26(6-2)16-9-7-14(8-10-16)20-22(30-23(28)13(3)4)19(27)17-11-15(24)12-18(25)21(17)29-20/h7-13H,5-6H2,1-4H3. The fraction of sp³-hybridized carbons (Fsp3) is 0.304. The molecular formula is C23H23Br2NO4. The predicted molar refractivity (Wildman–Crippen MR) is 127 cm³/mol. The van der Waals surface area contributed by atoms with Crippen molar-refractivity contribution in [1.29, 1.82) is 0 Å². The number of halogens is 2. The lowest BCUT2D eigenvalue weighted by Crippen LogP contribution is -2.21. The molecule has 0 aliphatic heterocycles. The van der Waals surface area contributed by atoms with Crippen LogP contribution in [0.3, 0.4) is 0 Å². The van der Waals surface area contributed by atoms with Crippen LogP contribution in [-0.4, -0.2) is 19.1 Å². The molecule has 0 N–H and O–H groups in total. The zero-order chi connectivity index (χ0) is 22.0. The van der Waals surface area contributed by atoms with Gasteiger partial charge in [-0.25, -0.2) is 0 Å². The number of hydrogen-bond acceptors (Lipinski definition) is 5. The molecule has 0 radical (unpaired) electrons. The Hall–Kier alpha value is -2.12. The Morgan fingerprint density at radius 1 is 1.10 bits per heavy atom. The summed E-state index contributed by atoms with van der Waals surface area (Å²) in [5, 5.41) is 0.325. The van der Waals surface area contributed by atoms with Gasteiger partial charge in [-0.1, -0.05) is 29.8 Å². The number of fused-ring (bicyclic) bond motifs is 1. The zero-order valence-electron chi connectivity index (χ0n) is 17.3. The molecule has 0 atom stereocenters. The number of esters is 1. The first kappa shape index (κ1) is 22.6. The van der Waals surface area contributed by atoms with Gasteiger partial charge in [0.2, 0.25) is 11.2 Å². The number of anilines is 1. The van der Waals surface area contributed by atoms with E-state index in [1.54, 1.807) is 26.0 Å². The monoisotopic (exact) mass is 535 g/mol. The molecule has 3 rings (SSSR count). The van der Waals surface area contributed by atoms with Gasteiger partial charge in [-0.15, -0.1) is 0 Å². The van der Waals surface area contributed by atoms with Gasteiger partial charge in [0.05, 0.1) is 15.8 Å². The molecule has 0 amide bonds. The minimum atomic E-state index is -0.489. The van der Waals surface area contributed by atoms with Gasteiger partial charge >= 0.3 is 5.97 Å². The lowest BCUT2D eigenvalue weighted by Gasteiger charge is -2.21. The second-order valence-electron chi connectivity index (χ2n) is 7.15. The van der Waals surface area contributed by atoms with Crippen LogP contribution in [0.15, 0.2) is 54.6 Å². The average Bonchev–Trinajstić information content (AvgIpc) is 2.71. The molecule has 0 saturated carbocycles. The smallest absolute Gasteiger partial charge is 0.314 e. The first-order valence-corrected chi connectivity index (χ1v) is 11.4. The summed E-state index contributed by atoms with van der Waals surface area (Å²) in [5.41, 5.74) is 1.73. The predicted octanol–water partition coefficient (Wildman–Crippen LogP) is 6.39. The number of ether oxygens (including phenoxy) is 1. The molecular weight excluding hydrogens is 514 g/mol. The molecule has 3 aromatic rings. The molecule has 30 heavy (non-hydrogen) atoms. The molecule has 1 aromatic heterocycles. The number of hydrogen-bond donors (Lipinski definition) is 0. The van der Waals surface area contributed by atoms with Crippen molar-refractivity contribution >= 4 is 54.5 Å². The maximum Gasteiger partial charge on any atom is 0.314 e. The Labute approximate surface area is 192 Å². The first-order valence-electron chi connectivity index (χ1n) is 9.79. The molecule has 2 aromatic carbocycles. The number of rotatable bonds is 6. The Morgan fingerprint density at radius 2 is 1.73 bits per heavy atom. The Kier molecular flexibility index (Phi) is 7.03. The van der Waals surface area contributed by atoms with Gasteiger partial charge in [0.1, 0.15) is 0 Å². The lowest BCUT2D eigenvalue weighted by atomic mass is 10.1. The van der Waals surface area contributed by atoms with Gasteiger partial charge < -0.3 is 14.1 Å². The molecule has 158 valence electrons. The van der Waals surface area contributed by atoms with Gasteiger partial charge in [0.25, 0.3) is 0 Å². The van der Waals surface area contributed by atoms with E-state index in [0.29, 0.717) is 25.5 Å². The van der Waals surface area contributed by atoms with Crippen LogP contribution >= 0.6 is 31.9 Å².